The van der Waals surface area contributed by atoms with E-state index < -0.39 is 42.6 Å². The van der Waals surface area contributed by atoms with Crippen LogP contribution in [0.3, 0.4) is 0 Å². The van der Waals surface area contributed by atoms with Crippen LogP contribution in [-0.2, 0) is 25.5 Å². The first-order chi connectivity index (χ1) is 18.8. The van der Waals surface area contributed by atoms with Crippen LogP contribution >= 0.6 is 0 Å². The number of piperidine rings is 1. The molecule has 0 spiro atoms. The number of aromatic nitrogens is 4. The highest BCUT2D eigenvalue weighted by atomic mass is 16.6. The largest absolute Gasteiger partial charge is 0.444 e. The van der Waals surface area contributed by atoms with Crippen LogP contribution in [0.15, 0.2) is 6.33 Å². The summed E-state index contributed by atoms with van der Waals surface area (Å²) < 4.78 is 12.7. The molecule has 1 saturated carbocycles. The zero-order valence-electron chi connectivity index (χ0n) is 21.2. The molecule has 4 fully saturated rings. The van der Waals surface area contributed by atoms with Gasteiger partial charge in [-0.15, -0.1) is 0 Å². The van der Waals surface area contributed by atoms with Gasteiger partial charge in [-0.1, -0.05) is 0 Å². The van der Waals surface area contributed by atoms with Crippen LogP contribution in [0.4, 0.5) is 10.6 Å². The van der Waals surface area contributed by atoms with Gasteiger partial charge >= 0.3 is 6.09 Å². The molecule has 5 atom stereocenters. The Bertz CT molecular complexity index is 1270. The van der Waals surface area contributed by atoms with Gasteiger partial charge in [0.1, 0.15) is 29.7 Å². The fourth-order valence-corrected chi connectivity index (χ4v) is 5.34. The summed E-state index contributed by atoms with van der Waals surface area (Å²) in [7, 11) is 0. The van der Waals surface area contributed by atoms with E-state index >= 15 is 0 Å². The van der Waals surface area contributed by atoms with Crippen LogP contribution in [-0.4, -0.2) is 103 Å². The number of hydrogen-bond acceptors (Lipinski definition) is 11. The lowest BCUT2D eigenvalue weighted by Crippen LogP contribution is -2.43. The van der Waals surface area contributed by atoms with Gasteiger partial charge in [0.25, 0.3) is 5.91 Å². The Kier molecular flexibility index (Phi) is 6.72. The van der Waals surface area contributed by atoms with Crippen molar-refractivity contribution in [3.63, 3.8) is 0 Å². The fourth-order valence-electron chi connectivity index (χ4n) is 5.34. The van der Waals surface area contributed by atoms with E-state index in [1.807, 2.05) is 0 Å². The molecule has 39 heavy (non-hydrogen) atoms. The quantitative estimate of drug-likeness (QED) is 0.285. The molecule has 6 rings (SSSR count). The van der Waals surface area contributed by atoms with Crippen molar-refractivity contribution in [2.45, 2.75) is 75.2 Å². The molecule has 3 amide bonds. The summed E-state index contributed by atoms with van der Waals surface area (Å²) in [4.78, 5) is 51.3. The number of ether oxygens (including phenoxy) is 2. The Morgan fingerprint density at radius 2 is 1.95 bits per heavy atom. The summed E-state index contributed by atoms with van der Waals surface area (Å²) in [5, 5.41) is 26.6. The van der Waals surface area contributed by atoms with E-state index in [2.05, 4.69) is 25.6 Å². The maximum atomic E-state index is 12.5. The van der Waals surface area contributed by atoms with Crippen LogP contribution in [0.1, 0.15) is 44.2 Å². The van der Waals surface area contributed by atoms with E-state index in [9.17, 15) is 24.6 Å². The molecule has 210 valence electrons. The minimum absolute atomic E-state index is 0.0847. The molecule has 0 bridgehead atoms. The molecular formula is C24H32N8O7. The number of amides is 3. The molecular weight excluding hydrogens is 512 g/mol. The minimum Gasteiger partial charge on any atom is -0.444 e. The standard InChI is InChI=1S/C24H32N8O7/c25-20-16-21(32(10-27-16)23-18(35)17(34)19(39-23)22(36)28-12-1-2-12)30-14(29-20)7-11-3-5-31(6-4-11)24(37)38-13-8-15(33)26-9-13/h10-13,17-19,23,34-35H,1-9H2,(H,26,33)(H,28,36)(H2,25,29,30)/t13?,17?,18?,19-,23+/m0/s1. The number of nitrogens with one attached hydrogen (secondary N) is 2. The number of nitrogen functional groups attached to an aromatic ring is 1. The average molecular weight is 545 g/mol. The number of rotatable bonds is 6. The summed E-state index contributed by atoms with van der Waals surface area (Å²) in [5.41, 5.74) is 6.84. The Morgan fingerprint density at radius 1 is 1.18 bits per heavy atom. The molecule has 15 nitrogen and oxygen atoms in total. The van der Waals surface area contributed by atoms with Crippen LogP contribution in [0.25, 0.3) is 11.2 Å². The predicted molar refractivity (Wildman–Crippen MR) is 133 cm³/mol. The molecule has 15 heteroatoms. The Morgan fingerprint density at radius 3 is 2.64 bits per heavy atom. The lowest BCUT2D eigenvalue weighted by atomic mass is 9.93. The third kappa shape index (κ3) is 5.21. The molecule has 6 N–H and O–H groups in total. The number of aliphatic hydroxyl groups is 2. The number of anilines is 1. The first-order valence-electron chi connectivity index (χ1n) is 13.3. The van der Waals surface area contributed by atoms with E-state index in [4.69, 9.17) is 15.2 Å². The molecule has 3 unspecified atom stereocenters. The number of fused-ring (bicyclic) bond motifs is 1. The highest BCUT2D eigenvalue weighted by Crippen LogP contribution is 2.33. The number of hydrogen-bond donors (Lipinski definition) is 5. The molecule has 3 saturated heterocycles. The van der Waals surface area contributed by atoms with E-state index in [-0.39, 0.29) is 30.1 Å². The van der Waals surface area contributed by atoms with Crippen molar-refractivity contribution in [3.05, 3.63) is 12.2 Å². The molecule has 0 aromatic carbocycles. The molecule has 0 radical (unpaired) electrons. The summed E-state index contributed by atoms with van der Waals surface area (Å²) >= 11 is 0. The highest BCUT2D eigenvalue weighted by Gasteiger charge is 2.48. The minimum atomic E-state index is -1.41. The maximum absolute atomic E-state index is 12.5. The van der Waals surface area contributed by atoms with Crippen LogP contribution in [0.2, 0.25) is 0 Å². The fraction of sp³-hybridized carbons (Fsp3) is 0.667. The third-order valence-electron chi connectivity index (χ3n) is 7.74. The second kappa shape index (κ2) is 10.2. The van der Waals surface area contributed by atoms with Gasteiger partial charge in [-0.25, -0.2) is 19.7 Å². The smallest absolute Gasteiger partial charge is 0.410 e. The van der Waals surface area contributed by atoms with Gasteiger partial charge in [-0.05, 0) is 31.6 Å². The SMILES string of the molecule is Nc1nc(CC2CCN(C(=O)OC3CNC(=O)C3)CC2)nc2c1ncn2[C@@H]1O[C@H](C(=O)NC2CC2)C(O)C1O. The lowest BCUT2D eigenvalue weighted by Gasteiger charge is -2.31. The number of nitrogens with zero attached hydrogens (tertiary/aromatic N) is 5. The molecule has 5 heterocycles. The third-order valence-corrected chi connectivity index (χ3v) is 7.74. The summed E-state index contributed by atoms with van der Waals surface area (Å²) in [6, 6.07) is 0.0847. The topological polar surface area (TPSA) is 207 Å². The number of carbonyl (C=O) groups is 3. The summed E-state index contributed by atoms with van der Waals surface area (Å²) in [6.07, 6.45) is -0.628. The van der Waals surface area contributed by atoms with Crippen LogP contribution < -0.4 is 16.4 Å². The van der Waals surface area contributed by atoms with Crippen molar-refractivity contribution in [2.24, 2.45) is 5.92 Å². The number of imidazole rings is 1. The first-order valence-corrected chi connectivity index (χ1v) is 13.3. The van der Waals surface area contributed by atoms with Crippen molar-refractivity contribution >= 4 is 34.9 Å². The monoisotopic (exact) mass is 544 g/mol. The van der Waals surface area contributed by atoms with Gasteiger partial charge in [0, 0.05) is 25.6 Å². The Hall–Kier alpha value is -3.56. The van der Waals surface area contributed by atoms with Crippen molar-refractivity contribution in [1.82, 2.24) is 35.1 Å². The number of likely N-dealkylation sites (tertiary alicyclic amines) is 1. The zero-order chi connectivity index (χ0) is 27.3. The lowest BCUT2D eigenvalue weighted by molar-refractivity contribution is -0.137. The van der Waals surface area contributed by atoms with Crippen molar-refractivity contribution < 1.29 is 34.1 Å². The van der Waals surface area contributed by atoms with Crippen LogP contribution in [0, 0.1) is 5.92 Å². The molecule has 4 aliphatic rings. The molecule has 2 aromatic heterocycles. The zero-order valence-corrected chi connectivity index (χ0v) is 21.2. The van der Waals surface area contributed by atoms with Gasteiger partial charge in [-0.3, -0.25) is 14.2 Å². The maximum Gasteiger partial charge on any atom is 0.410 e. The number of carbonyl (C=O) groups excluding carboxylic acids is 3. The van der Waals surface area contributed by atoms with Gasteiger partial charge in [0.05, 0.1) is 19.3 Å². The Balaban J connectivity index is 1.11. The van der Waals surface area contributed by atoms with Gasteiger partial charge in [-0.2, -0.15) is 0 Å². The number of nitrogens with two attached hydrogens (primary N) is 1. The Labute approximate surface area is 223 Å². The predicted octanol–water partition coefficient (Wildman–Crippen LogP) is -1.41. The van der Waals surface area contributed by atoms with E-state index in [1.165, 1.54) is 10.9 Å². The van der Waals surface area contributed by atoms with Gasteiger partial charge < -0.3 is 41.0 Å². The molecule has 1 aliphatic carbocycles. The van der Waals surface area contributed by atoms with E-state index in [1.54, 1.807) is 4.90 Å². The second-order valence-corrected chi connectivity index (χ2v) is 10.7. The summed E-state index contributed by atoms with van der Waals surface area (Å²) in [6.45, 7) is 1.37. The normalized spacial score (nSPS) is 29.5. The van der Waals surface area contributed by atoms with Crippen molar-refractivity contribution in [1.29, 1.82) is 0 Å². The molecule has 3 aliphatic heterocycles. The van der Waals surface area contributed by atoms with E-state index in [0.29, 0.717) is 55.9 Å². The molecule has 2 aromatic rings. The highest BCUT2D eigenvalue weighted by molar-refractivity contribution is 5.83. The second-order valence-electron chi connectivity index (χ2n) is 10.7. The average Bonchev–Trinajstić information content (AvgIpc) is 3.34. The summed E-state index contributed by atoms with van der Waals surface area (Å²) in [5.74, 6) is 0.269. The van der Waals surface area contributed by atoms with Crippen molar-refractivity contribution in [3.8, 4) is 0 Å². The number of aliphatic hydroxyl groups excluding tert-OH is 2. The van der Waals surface area contributed by atoms with Gasteiger partial charge in [0.2, 0.25) is 5.91 Å². The van der Waals surface area contributed by atoms with Crippen molar-refractivity contribution in [2.75, 3.05) is 25.4 Å². The van der Waals surface area contributed by atoms with Crippen LogP contribution in [0.5, 0.6) is 0 Å². The van der Waals surface area contributed by atoms with E-state index in [0.717, 1.165) is 12.8 Å². The van der Waals surface area contributed by atoms with Gasteiger partial charge in [0.15, 0.2) is 23.8 Å². The first kappa shape index (κ1) is 25.7.